The Morgan fingerprint density at radius 1 is 1.35 bits per heavy atom. The van der Waals surface area contributed by atoms with Crippen LogP contribution in [0.5, 0.6) is 0 Å². The van der Waals surface area contributed by atoms with Crippen LogP contribution < -0.4 is 0 Å². The molecule has 6 nitrogen and oxygen atoms in total. The van der Waals surface area contributed by atoms with Gasteiger partial charge in [-0.1, -0.05) is 28.1 Å². The molecule has 0 spiro atoms. The van der Waals surface area contributed by atoms with Gasteiger partial charge in [0.25, 0.3) is 0 Å². The largest absolute Gasteiger partial charge is 0.348 e. The lowest BCUT2D eigenvalue weighted by Crippen LogP contribution is -2.07. The van der Waals surface area contributed by atoms with Crippen LogP contribution in [0.3, 0.4) is 0 Å². The van der Waals surface area contributed by atoms with E-state index >= 15 is 0 Å². The summed E-state index contributed by atoms with van der Waals surface area (Å²) in [6.45, 7) is 1.54. The second-order valence-electron chi connectivity index (χ2n) is 2.95. The third-order valence-electron chi connectivity index (χ3n) is 1.77. The van der Waals surface area contributed by atoms with Crippen molar-refractivity contribution in [2.75, 3.05) is 7.11 Å². The summed E-state index contributed by atoms with van der Waals surface area (Å²) < 4.78 is 46.6. The van der Waals surface area contributed by atoms with Crippen molar-refractivity contribution in [3.05, 3.63) is 28.8 Å². The summed E-state index contributed by atoms with van der Waals surface area (Å²) in [5, 5.41) is -0.00862. The van der Waals surface area contributed by atoms with E-state index in [4.69, 9.17) is 11.6 Å². The summed E-state index contributed by atoms with van der Waals surface area (Å²) in [6.07, 6.45) is 0. The van der Waals surface area contributed by atoms with Gasteiger partial charge in [-0.3, -0.25) is 4.57 Å². The number of hydrogen-bond acceptors (Lipinski definition) is 6. The Morgan fingerprint density at radius 2 is 2.00 bits per heavy atom. The normalized spacial score (nSPS) is 13.6. The van der Waals surface area contributed by atoms with Crippen molar-refractivity contribution < 1.29 is 26.5 Å². The fourth-order valence-electron chi connectivity index (χ4n) is 1.07. The lowest BCUT2D eigenvalue weighted by molar-refractivity contribution is -0.0962. The van der Waals surface area contributed by atoms with Crippen LogP contribution in [0.4, 0.5) is 0 Å². The maximum absolute atomic E-state index is 11.7. The van der Waals surface area contributed by atoms with Crippen molar-refractivity contribution in [1.29, 1.82) is 0 Å². The maximum Gasteiger partial charge on any atom is 0.348 e. The number of rotatable bonds is 5. The van der Waals surface area contributed by atoms with Gasteiger partial charge in [-0.2, -0.15) is 8.42 Å². The van der Waals surface area contributed by atoms with E-state index in [1.54, 1.807) is 19.1 Å². The molecule has 17 heavy (non-hydrogen) atoms. The number of halogens is 1. The molecule has 0 aliphatic heterocycles. The van der Waals surface area contributed by atoms with Gasteiger partial charge in [0.15, 0.2) is 0 Å². The van der Waals surface area contributed by atoms with Crippen LogP contribution >= 0.6 is 19.9 Å². The monoisotopic (exact) mass is 300 g/mol. The van der Waals surface area contributed by atoms with Gasteiger partial charge in [0.05, 0.1) is 5.02 Å². The molecule has 0 N–H and O–H groups in total. The third kappa shape index (κ3) is 3.77. The molecular formula is C8H10ClO6PS. The van der Waals surface area contributed by atoms with E-state index in [0.717, 1.165) is 7.11 Å². The molecule has 0 amide bonds. The van der Waals surface area contributed by atoms with Crippen LogP contribution in [0.1, 0.15) is 5.56 Å². The molecule has 0 aromatic heterocycles. The van der Waals surface area contributed by atoms with Crippen LogP contribution in [-0.2, 0) is 28.2 Å². The molecule has 0 bridgehead atoms. The van der Waals surface area contributed by atoms with Gasteiger partial charge in [-0.25, -0.2) is 0 Å². The molecule has 0 heterocycles. The summed E-state index contributed by atoms with van der Waals surface area (Å²) in [4.78, 5) is -0.229. The molecule has 0 aliphatic carbocycles. The number of benzene rings is 1. The Labute approximate surface area is 104 Å². The van der Waals surface area contributed by atoms with Crippen LogP contribution in [0.2, 0.25) is 5.02 Å². The van der Waals surface area contributed by atoms with Crippen molar-refractivity contribution in [2.45, 2.75) is 11.8 Å². The smallest absolute Gasteiger partial charge is 0.312 e. The second-order valence-corrected chi connectivity index (χ2v) is 5.88. The summed E-state index contributed by atoms with van der Waals surface area (Å²) in [5.41, 5.74) is 0.387. The fraction of sp³-hybridized carbons (Fsp3) is 0.250. The first-order valence-corrected chi connectivity index (χ1v) is 7.34. The molecule has 1 unspecified atom stereocenters. The molecule has 0 aliphatic rings. The highest BCUT2D eigenvalue weighted by atomic mass is 35.5. The zero-order valence-corrected chi connectivity index (χ0v) is 11.5. The van der Waals surface area contributed by atoms with E-state index in [2.05, 4.69) is 13.5 Å². The van der Waals surface area contributed by atoms with Gasteiger partial charge in [-0.05, 0) is 18.6 Å². The summed E-state index contributed by atoms with van der Waals surface area (Å²) >= 11 is 5.75. The van der Waals surface area contributed by atoms with Gasteiger partial charge in [0.2, 0.25) is 0 Å². The van der Waals surface area contributed by atoms with Gasteiger partial charge in [-0.15, -0.1) is 4.67 Å². The maximum atomic E-state index is 11.7. The predicted molar refractivity (Wildman–Crippen MR) is 61.6 cm³/mol. The van der Waals surface area contributed by atoms with Crippen LogP contribution in [0, 0.1) is 6.92 Å². The van der Waals surface area contributed by atoms with E-state index in [0.29, 0.717) is 5.56 Å². The quantitative estimate of drug-likeness (QED) is 0.472. The van der Waals surface area contributed by atoms with Crippen molar-refractivity contribution in [2.24, 2.45) is 0 Å². The van der Waals surface area contributed by atoms with E-state index in [1.807, 2.05) is 0 Å². The lowest BCUT2D eigenvalue weighted by atomic mass is 10.2. The average Bonchev–Trinajstić information content (AvgIpc) is 2.25. The van der Waals surface area contributed by atoms with Crippen LogP contribution in [-0.4, -0.2) is 15.5 Å². The second kappa shape index (κ2) is 5.95. The van der Waals surface area contributed by atoms with E-state index in [1.165, 1.54) is 6.07 Å². The first kappa shape index (κ1) is 14.6. The van der Waals surface area contributed by atoms with E-state index in [-0.39, 0.29) is 9.92 Å². The lowest BCUT2D eigenvalue weighted by Gasteiger charge is -2.08. The number of hydrogen-bond donors (Lipinski definition) is 0. The van der Waals surface area contributed by atoms with Crippen molar-refractivity contribution in [3.8, 4) is 0 Å². The third-order valence-corrected chi connectivity index (χ3v) is 4.16. The zero-order valence-electron chi connectivity index (χ0n) is 8.97. The van der Waals surface area contributed by atoms with Crippen molar-refractivity contribution in [3.63, 3.8) is 0 Å². The van der Waals surface area contributed by atoms with Crippen LogP contribution in [0.15, 0.2) is 23.1 Å². The minimum absolute atomic E-state index is 0.00862. The molecular weight excluding hydrogens is 291 g/mol. The predicted octanol–water partition coefficient (Wildman–Crippen LogP) is 2.32. The molecule has 0 saturated heterocycles. The average molecular weight is 301 g/mol. The van der Waals surface area contributed by atoms with Crippen molar-refractivity contribution in [1.82, 2.24) is 0 Å². The van der Waals surface area contributed by atoms with Crippen molar-refractivity contribution >= 4 is 30.0 Å². The topological polar surface area (TPSA) is 78.9 Å². The standard InChI is InChI=1S/C8H10ClO6PS/c1-6-4-3-5-7(9)8(6)17(11,12)15-14-16(10)13-2/h3-5,16H,1-2H3. The fourth-order valence-corrected chi connectivity index (χ4v) is 3.06. The molecule has 96 valence electrons. The first-order valence-electron chi connectivity index (χ1n) is 4.32. The Kier molecular flexibility index (Phi) is 5.12. The molecule has 0 saturated carbocycles. The van der Waals surface area contributed by atoms with Gasteiger partial charge < -0.3 is 4.52 Å². The Balaban J connectivity index is 3.02. The van der Waals surface area contributed by atoms with Gasteiger partial charge >= 0.3 is 18.4 Å². The first-order chi connectivity index (χ1) is 7.88. The highest BCUT2D eigenvalue weighted by Gasteiger charge is 2.23. The minimum atomic E-state index is -4.24. The summed E-state index contributed by atoms with van der Waals surface area (Å²) in [5.74, 6) is 0. The zero-order chi connectivity index (χ0) is 13.1. The van der Waals surface area contributed by atoms with E-state index in [9.17, 15) is 13.0 Å². The Hall–Kier alpha value is -0.430. The molecule has 1 rings (SSSR count). The summed E-state index contributed by atoms with van der Waals surface area (Å²) in [7, 11) is -6.13. The molecule has 1 aromatic rings. The Morgan fingerprint density at radius 3 is 2.53 bits per heavy atom. The molecule has 0 fully saturated rings. The number of aryl methyl sites for hydroxylation is 1. The molecule has 1 atom stereocenters. The molecule has 0 radical (unpaired) electrons. The highest BCUT2D eigenvalue weighted by Crippen LogP contribution is 2.30. The minimum Gasteiger partial charge on any atom is -0.312 e. The van der Waals surface area contributed by atoms with Gasteiger partial charge in [0.1, 0.15) is 4.90 Å². The summed E-state index contributed by atoms with van der Waals surface area (Å²) in [6, 6.07) is 4.53. The van der Waals surface area contributed by atoms with E-state index < -0.39 is 18.4 Å². The highest BCUT2D eigenvalue weighted by molar-refractivity contribution is 7.87. The van der Waals surface area contributed by atoms with Crippen LogP contribution in [0.25, 0.3) is 0 Å². The SMILES string of the molecule is CO[PH](=O)OOS(=O)(=O)c1c(C)cccc1Cl. The Bertz CT molecular complexity index is 509. The molecule has 9 heteroatoms. The van der Waals surface area contributed by atoms with Gasteiger partial charge in [0, 0.05) is 7.11 Å². The molecule has 1 aromatic carbocycles.